The zero-order valence-corrected chi connectivity index (χ0v) is 40.7. The Morgan fingerprint density at radius 2 is 1.23 bits per heavy atom. The van der Waals surface area contributed by atoms with Gasteiger partial charge in [-0.25, -0.2) is 4.79 Å². The van der Waals surface area contributed by atoms with Crippen LogP contribution in [0.1, 0.15) is 136 Å². The SMILES string of the molecule is COC(=O)C[C@H](CCC(=O)NCCCCCCCCNc1cccc2c1C(=O)N(C1CCC(=O)NC1=O)C2=O)NC(=O)CC[C@H](OC(=O)CC[C@@H](CC(=O)OC)NC(=O)CC[C@H](N)C(=O)OC)C(=O)OC. The lowest BCUT2D eigenvalue weighted by Crippen LogP contribution is -2.54. The summed E-state index contributed by atoms with van der Waals surface area (Å²) in [4.78, 5) is 151. The van der Waals surface area contributed by atoms with Gasteiger partial charge >= 0.3 is 29.8 Å². The van der Waals surface area contributed by atoms with E-state index in [0.29, 0.717) is 25.2 Å². The van der Waals surface area contributed by atoms with Crippen LogP contribution in [0.4, 0.5) is 5.69 Å². The number of hydrogen-bond acceptors (Lipinski definition) is 19. The summed E-state index contributed by atoms with van der Waals surface area (Å²) in [6.45, 7) is 0.958. The van der Waals surface area contributed by atoms with Crippen molar-refractivity contribution in [2.75, 3.05) is 46.8 Å². The number of methoxy groups -OCH3 is 4. The predicted octanol–water partition coefficient (Wildman–Crippen LogP) is 0.758. The molecule has 0 radical (unpaired) electrons. The van der Waals surface area contributed by atoms with Gasteiger partial charge in [-0.1, -0.05) is 31.7 Å². The highest BCUT2D eigenvalue weighted by Crippen LogP contribution is 2.32. The molecule has 7 amide bonds. The van der Waals surface area contributed by atoms with Crippen molar-refractivity contribution in [2.45, 2.75) is 146 Å². The Balaban J connectivity index is 1.36. The van der Waals surface area contributed by atoms with Crippen molar-refractivity contribution in [2.24, 2.45) is 5.73 Å². The first-order valence-corrected chi connectivity index (χ1v) is 23.6. The van der Waals surface area contributed by atoms with Crippen LogP contribution >= 0.6 is 0 Å². The highest BCUT2D eigenvalue weighted by atomic mass is 16.6. The van der Waals surface area contributed by atoms with Crippen LogP contribution in [0.15, 0.2) is 18.2 Å². The number of esters is 5. The van der Waals surface area contributed by atoms with Gasteiger partial charge in [0.25, 0.3) is 11.8 Å². The van der Waals surface area contributed by atoms with Crippen molar-refractivity contribution >= 4 is 76.9 Å². The number of benzene rings is 1. The summed E-state index contributed by atoms with van der Waals surface area (Å²) in [7, 11) is 4.55. The summed E-state index contributed by atoms with van der Waals surface area (Å²) in [5.41, 5.74) is 6.59. The van der Waals surface area contributed by atoms with Crippen LogP contribution in [-0.4, -0.2) is 148 Å². The number of nitrogens with one attached hydrogen (secondary N) is 5. The van der Waals surface area contributed by atoms with E-state index >= 15 is 0 Å². The molecule has 24 nitrogen and oxygen atoms in total. The molecule has 1 saturated heterocycles. The molecular weight excluding hydrogens is 935 g/mol. The zero-order chi connectivity index (χ0) is 52.5. The summed E-state index contributed by atoms with van der Waals surface area (Å²) < 4.78 is 24.0. The number of hydrogen-bond donors (Lipinski definition) is 6. The second kappa shape index (κ2) is 30.6. The van der Waals surface area contributed by atoms with Gasteiger partial charge in [0.1, 0.15) is 12.1 Å². The minimum absolute atomic E-state index is 0.0187. The molecule has 1 fully saturated rings. The number of ether oxygens (including phenoxy) is 5. The van der Waals surface area contributed by atoms with Crippen LogP contribution in [0.2, 0.25) is 0 Å². The molecule has 24 heteroatoms. The first kappa shape index (κ1) is 58.3. The Labute approximate surface area is 411 Å². The van der Waals surface area contributed by atoms with Crippen LogP contribution in [-0.2, 0) is 71.6 Å². The third kappa shape index (κ3) is 19.7. The van der Waals surface area contributed by atoms with Crippen LogP contribution in [0.3, 0.4) is 0 Å². The summed E-state index contributed by atoms with van der Waals surface area (Å²) in [5, 5.41) is 13.5. The molecule has 0 saturated carbocycles. The third-order valence-corrected chi connectivity index (χ3v) is 11.7. The number of unbranched alkanes of at least 4 members (excludes halogenated alkanes) is 5. The number of rotatable bonds is 32. The maximum atomic E-state index is 13.3. The van der Waals surface area contributed by atoms with Crippen molar-refractivity contribution in [1.29, 1.82) is 0 Å². The van der Waals surface area contributed by atoms with E-state index in [-0.39, 0.29) is 94.1 Å². The number of nitrogens with zero attached hydrogens (tertiary/aromatic N) is 1. The molecule has 1 aromatic carbocycles. The summed E-state index contributed by atoms with van der Waals surface area (Å²) in [6, 6.07) is 1.15. The molecule has 0 spiro atoms. The summed E-state index contributed by atoms with van der Waals surface area (Å²) in [5.74, 6) is -7.56. The first-order chi connectivity index (χ1) is 33.9. The largest absolute Gasteiger partial charge is 0.469 e. The normalized spacial score (nSPS) is 15.7. The smallest absolute Gasteiger partial charge is 0.347 e. The monoisotopic (exact) mass is 1000 g/mol. The van der Waals surface area contributed by atoms with Gasteiger partial charge in [-0.05, 0) is 50.7 Å². The number of amides is 7. The van der Waals surface area contributed by atoms with E-state index in [0.717, 1.165) is 58.3 Å². The van der Waals surface area contributed by atoms with E-state index in [1.54, 1.807) is 18.2 Å². The van der Waals surface area contributed by atoms with Crippen LogP contribution in [0.25, 0.3) is 0 Å². The molecule has 2 heterocycles. The third-order valence-electron chi connectivity index (χ3n) is 11.7. The van der Waals surface area contributed by atoms with Gasteiger partial charge in [-0.15, -0.1) is 0 Å². The molecule has 2 aliphatic rings. The Hall–Kier alpha value is -6.98. The Morgan fingerprint density at radius 1 is 0.662 bits per heavy atom. The summed E-state index contributed by atoms with van der Waals surface area (Å²) in [6.07, 6.45) is 1.87. The quantitative estimate of drug-likeness (QED) is 0.0251. The second-order valence-electron chi connectivity index (χ2n) is 16.9. The molecule has 3 rings (SSSR count). The molecule has 0 aliphatic carbocycles. The highest BCUT2D eigenvalue weighted by Gasteiger charge is 2.45. The molecule has 392 valence electrons. The van der Waals surface area contributed by atoms with Gasteiger partial charge in [-0.2, -0.15) is 0 Å². The molecule has 5 atom stereocenters. The minimum Gasteiger partial charge on any atom is -0.469 e. The van der Waals surface area contributed by atoms with Crippen LogP contribution in [0.5, 0.6) is 0 Å². The van der Waals surface area contributed by atoms with Crippen LogP contribution in [0, 0.1) is 0 Å². The number of carbonyl (C=O) groups excluding carboxylic acids is 12. The van der Waals surface area contributed by atoms with E-state index in [4.69, 9.17) is 19.9 Å². The van der Waals surface area contributed by atoms with Crippen LogP contribution < -0.4 is 32.3 Å². The van der Waals surface area contributed by atoms with E-state index in [2.05, 4.69) is 36.1 Å². The average molecular weight is 1000 g/mol. The summed E-state index contributed by atoms with van der Waals surface area (Å²) >= 11 is 0. The van der Waals surface area contributed by atoms with Crippen molar-refractivity contribution in [1.82, 2.24) is 26.2 Å². The van der Waals surface area contributed by atoms with Crippen molar-refractivity contribution in [3.8, 4) is 0 Å². The fraction of sp³-hybridized carbons (Fsp3) is 0.617. The highest BCUT2D eigenvalue weighted by molar-refractivity contribution is 6.25. The second-order valence-corrected chi connectivity index (χ2v) is 16.9. The van der Waals surface area contributed by atoms with Gasteiger partial charge in [0.05, 0.1) is 52.4 Å². The van der Waals surface area contributed by atoms with E-state index in [1.165, 1.54) is 7.11 Å². The molecule has 1 unspecified atom stereocenters. The Bertz CT molecular complexity index is 2100. The van der Waals surface area contributed by atoms with E-state index in [1.807, 2.05) is 0 Å². The van der Waals surface area contributed by atoms with Gasteiger partial charge < -0.3 is 50.7 Å². The minimum atomic E-state index is -1.50. The number of anilines is 1. The molecule has 0 aromatic heterocycles. The van der Waals surface area contributed by atoms with Gasteiger partial charge in [0.2, 0.25) is 29.5 Å². The fourth-order valence-corrected chi connectivity index (χ4v) is 7.77. The first-order valence-electron chi connectivity index (χ1n) is 23.6. The van der Waals surface area contributed by atoms with Crippen molar-refractivity contribution < 1.29 is 81.2 Å². The number of fused-ring (bicyclic) bond motifs is 1. The zero-order valence-electron chi connectivity index (χ0n) is 40.7. The molecule has 7 N–H and O–H groups in total. The Morgan fingerprint density at radius 3 is 1.82 bits per heavy atom. The van der Waals surface area contributed by atoms with Crippen molar-refractivity contribution in [3.05, 3.63) is 29.3 Å². The maximum absolute atomic E-state index is 13.3. The average Bonchev–Trinajstić information content (AvgIpc) is 3.60. The molecule has 0 bridgehead atoms. The van der Waals surface area contributed by atoms with Gasteiger partial charge in [0, 0.05) is 69.4 Å². The van der Waals surface area contributed by atoms with Gasteiger partial charge in [0.15, 0.2) is 6.10 Å². The van der Waals surface area contributed by atoms with Crippen molar-refractivity contribution in [3.63, 3.8) is 0 Å². The van der Waals surface area contributed by atoms with Gasteiger partial charge in [-0.3, -0.25) is 63.0 Å². The Kier molecular flexibility index (Phi) is 25.1. The lowest BCUT2D eigenvalue weighted by Gasteiger charge is -2.27. The number of imide groups is 2. The lowest BCUT2D eigenvalue weighted by molar-refractivity contribution is -0.167. The standard InChI is InChI=1S/C47H67N7O17/c1-67-40(60)26-28(51-37(57)22-18-34(47(66)70-4)71-39(59)23-15-29(27-41(61)68-2)52-36(56)20-16-31(48)46(65)69-3)14-19-35(55)50-25-10-8-6-5-7-9-24-49-32-13-11-12-30-42(32)45(64)54(44(30)63)33-17-21-38(58)53-43(33)62/h11-13,28-29,31,33-34,49H,5-10,14-27,48H2,1-4H3,(H,50,55)(H,51,57)(H,52,56)(H,53,58,62)/t28-,29-,31-,33?,34-/m0/s1. The topological polar surface area (TPSA) is 340 Å². The molecule has 1 aromatic rings. The van der Waals surface area contributed by atoms with E-state index in [9.17, 15) is 57.5 Å². The van der Waals surface area contributed by atoms with E-state index < -0.39 is 95.6 Å². The lowest BCUT2D eigenvalue weighted by atomic mass is 10.0. The molecule has 71 heavy (non-hydrogen) atoms. The number of piperidine rings is 1. The predicted molar refractivity (Wildman–Crippen MR) is 248 cm³/mol. The maximum Gasteiger partial charge on any atom is 0.347 e. The fourth-order valence-electron chi connectivity index (χ4n) is 7.77. The molecule has 2 aliphatic heterocycles. The number of carbonyl (C=O) groups is 12. The number of nitrogens with two attached hydrogens (primary N) is 1. The molecular formula is C47H67N7O17.